The molecule has 0 amide bonds. The summed E-state index contributed by atoms with van der Waals surface area (Å²) in [6, 6.07) is 18.3. The number of aromatic amines is 1. The number of hydrogen-bond acceptors (Lipinski definition) is 5. The van der Waals surface area contributed by atoms with Crippen molar-refractivity contribution < 1.29 is 9.47 Å². The molecule has 1 heterocycles. The first kappa shape index (κ1) is 23.3. The molecule has 0 aliphatic heterocycles. The van der Waals surface area contributed by atoms with E-state index >= 15 is 0 Å². The van der Waals surface area contributed by atoms with Gasteiger partial charge in [-0.3, -0.25) is 0 Å². The predicted octanol–water partition coefficient (Wildman–Crippen LogP) is 5.87. The topological polar surface area (TPSA) is 72.9 Å². The van der Waals surface area contributed by atoms with Crippen LogP contribution in [0.4, 0.5) is 0 Å². The summed E-state index contributed by atoms with van der Waals surface area (Å²) in [5.74, 6) is 2.25. The molecule has 0 saturated carbocycles. The van der Waals surface area contributed by atoms with Crippen molar-refractivity contribution in [3.8, 4) is 22.9 Å². The maximum Gasteiger partial charge on any atom is 0.179 e. The fourth-order valence-electron chi connectivity index (χ4n) is 3.83. The van der Waals surface area contributed by atoms with E-state index in [1.807, 2.05) is 24.3 Å². The summed E-state index contributed by atoms with van der Waals surface area (Å²) in [6.07, 6.45) is 3.53. The number of nitrogens with one attached hydrogen (secondary N) is 1. The van der Waals surface area contributed by atoms with Crippen molar-refractivity contribution in [2.45, 2.75) is 25.7 Å². The number of hydrogen-bond donors (Lipinski definition) is 1. The Kier molecular flexibility index (Phi) is 7.62. The maximum atomic E-state index is 6.39. The Balaban J connectivity index is 1.49. The van der Waals surface area contributed by atoms with Crippen LogP contribution in [0, 0.1) is 0 Å². The van der Waals surface area contributed by atoms with Gasteiger partial charge < -0.3 is 9.47 Å². The van der Waals surface area contributed by atoms with Crippen LogP contribution in [0.1, 0.15) is 22.3 Å². The second kappa shape index (κ2) is 10.8. The standard InChI is InChI=1S/C25H24BrClN4O2/c1-32-21-11-17(12-22(15-21)33-2)6-10-23-19(13-20(27)14-24(23)26)9-5-16-3-7-18(8-4-16)25-28-30-31-29-25/h3-4,7-8,11-15H,5-6,9-10H2,1-2H3,(H,28,29,30,31). The van der Waals surface area contributed by atoms with Crippen molar-refractivity contribution in [3.63, 3.8) is 0 Å². The Morgan fingerprint density at radius 1 is 0.848 bits per heavy atom. The van der Waals surface area contributed by atoms with Gasteiger partial charge in [-0.25, -0.2) is 5.10 Å². The van der Waals surface area contributed by atoms with Crippen molar-refractivity contribution in [1.29, 1.82) is 0 Å². The third-order valence-electron chi connectivity index (χ3n) is 5.58. The summed E-state index contributed by atoms with van der Waals surface area (Å²) >= 11 is 10.1. The van der Waals surface area contributed by atoms with Gasteiger partial charge in [0.05, 0.1) is 14.2 Å². The first-order chi connectivity index (χ1) is 16.1. The molecule has 3 aromatic carbocycles. The van der Waals surface area contributed by atoms with Crippen molar-refractivity contribution in [2.24, 2.45) is 0 Å². The fourth-order valence-corrected chi connectivity index (χ4v) is 4.90. The molecule has 0 aliphatic carbocycles. The minimum atomic E-state index is 0.664. The lowest BCUT2D eigenvalue weighted by Crippen LogP contribution is -2.02. The largest absolute Gasteiger partial charge is 0.497 e. The lowest BCUT2D eigenvalue weighted by molar-refractivity contribution is 0.393. The second-order valence-electron chi connectivity index (χ2n) is 7.69. The zero-order valence-corrected chi connectivity index (χ0v) is 20.8. The molecule has 170 valence electrons. The number of H-pyrrole nitrogens is 1. The highest BCUT2D eigenvalue weighted by atomic mass is 79.9. The highest BCUT2D eigenvalue weighted by Gasteiger charge is 2.11. The van der Waals surface area contributed by atoms with Crippen LogP contribution in [0.25, 0.3) is 11.4 Å². The van der Waals surface area contributed by atoms with E-state index in [0.29, 0.717) is 5.82 Å². The molecule has 0 aliphatic rings. The van der Waals surface area contributed by atoms with Crippen LogP contribution in [-0.4, -0.2) is 34.8 Å². The van der Waals surface area contributed by atoms with Crippen LogP contribution in [0.3, 0.4) is 0 Å². The van der Waals surface area contributed by atoms with E-state index in [2.05, 4.69) is 66.9 Å². The number of aromatic nitrogens is 4. The lowest BCUT2D eigenvalue weighted by atomic mass is 9.95. The first-order valence-electron chi connectivity index (χ1n) is 10.6. The number of ether oxygens (including phenoxy) is 2. The molecular weight excluding hydrogens is 504 g/mol. The Labute approximate surface area is 206 Å². The van der Waals surface area contributed by atoms with Gasteiger partial charge in [0.15, 0.2) is 5.82 Å². The predicted molar refractivity (Wildman–Crippen MR) is 133 cm³/mol. The molecule has 1 aromatic heterocycles. The van der Waals surface area contributed by atoms with E-state index in [-0.39, 0.29) is 0 Å². The highest BCUT2D eigenvalue weighted by molar-refractivity contribution is 9.10. The van der Waals surface area contributed by atoms with E-state index in [1.54, 1.807) is 14.2 Å². The van der Waals surface area contributed by atoms with Gasteiger partial charge in [0.2, 0.25) is 0 Å². The molecule has 4 rings (SSSR count). The Morgan fingerprint density at radius 3 is 2.18 bits per heavy atom. The van der Waals surface area contributed by atoms with Crippen molar-refractivity contribution in [3.05, 3.63) is 86.3 Å². The molecule has 0 spiro atoms. The number of rotatable bonds is 9. The minimum Gasteiger partial charge on any atom is -0.497 e. The van der Waals surface area contributed by atoms with E-state index in [9.17, 15) is 0 Å². The van der Waals surface area contributed by atoms with Gasteiger partial charge in [-0.1, -0.05) is 51.8 Å². The molecular formula is C25H24BrClN4O2. The molecule has 8 heteroatoms. The summed E-state index contributed by atoms with van der Waals surface area (Å²) in [5, 5.41) is 14.7. The molecule has 0 bridgehead atoms. The van der Waals surface area contributed by atoms with Crippen molar-refractivity contribution >= 4 is 27.5 Å². The zero-order valence-electron chi connectivity index (χ0n) is 18.4. The van der Waals surface area contributed by atoms with Gasteiger partial charge in [-0.2, -0.15) is 0 Å². The van der Waals surface area contributed by atoms with Crippen molar-refractivity contribution in [1.82, 2.24) is 20.6 Å². The van der Waals surface area contributed by atoms with Gasteiger partial charge in [0.25, 0.3) is 0 Å². The molecule has 0 fully saturated rings. The Hall–Kier alpha value is -2.90. The Bertz CT molecular complexity index is 1190. The van der Waals surface area contributed by atoms with E-state index in [4.69, 9.17) is 21.1 Å². The lowest BCUT2D eigenvalue weighted by Gasteiger charge is -2.14. The third kappa shape index (κ3) is 5.92. The zero-order chi connectivity index (χ0) is 23.2. The van der Waals surface area contributed by atoms with Crippen LogP contribution in [0.5, 0.6) is 11.5 Å². The summed E-state index contributed by atoms with van der Waals surface area (Å²) in [5.41, 5.74) is 5.88. The van der Waals surface area contributed by atoms with E-state index in [0.717, 1.165) is 57.8 Å². The second-order valence-corrected chi connectivity index (χ2v) is 8.98. The number of methoxy groups -OCH3 is 2. The van der Waals surface area contributed by atoms with Crippen LogP contribution in [0.2, 0.25) is 5.02 Å². The van der Waals surface area contributed by atoms with Crippen LogP contribution in [0.15, 0.2) is 59.1 Å². The molecule has 6 nitrogen and oxygen atoms in total. The number of tetrazole rings is 1. The first-order valence-corrected chi connectivity index (χ1v) is 11.7. The monoisotopic (exact) mass is 526 g/mol. The normalized spacial score (nSPS) is 10.9. The minimum absolute atomic E-state index is 0.664. The molecule has 1 N–H and O–H groups in total. The smallest absolute Gasteiger partial charge is 0.179 e. The summed E-state index contributed by atoms with van der Waals surface area (Å²) in [7, 11) is 3.34. The number of nitrogens with zero attached hydrogens (tertiary/aromatic N) is 3. The number of aryl methyl sites for hydroxylation is 3. The Morgan fingerprint density at radius 2 is 1.55 bits per heavy atom. The molecule has 33 heavy (non-hydrogen) atoms. The number of halogens is 2. The molecule has 0 atom stereocenters. The summed E-state index contributed by atoms with van der Waals surface area (Å²) in [4.78, 5) is 0. The van der Waals surface area contributed by atoms with Crippen LogP contribution >= 0.6 is 27.5 Å². The highest BCUT2D eigenvalue weighted by Crippen LogP contribution is 2.30. The SMILES string of the molecule is COc1cc(CCc2c(Br)cc(Cl)cc2CCc2ccc(-c3nnn[nH]3)cc2)cc(OC)c1. The summed E-state index contributed by atoms with van der Waals surface area (Å²) in [6.45, 7) is 0. The van der Waals surface area contributed by atoms with Crippen LogP contribution < -0.4 is 9.47 Å². The van der Waals surface area contributed by atoms with Gasteiger partial charge in [-0.05, 0) is 82.6 Å². The van der Waals surface area contributed by atoms with Gasteiger partial charge >= 0.3 is 0 Å². The number of benzene rings is 3. The van der Waals surface area contributed by atoms with Gasteiger partial charge in [-0.15, -0.1) is 5.10 Å². The molecule has 0 radical (unpaired) electrons. The van der Waals surface area contributed by atoms with Gasteiger partial charge in [0.1, 0.15) is 11.5 Å². The van der Waals surface area contributed by atoms with Gasteiger partial charge in [0, 0.05) is 21.1 Å². The fraction of sp³-hybridized carbons (Fsp3) is 0.240. The molecule has 0 saturated heterocycles. The quantitative estimate of drug-likeness (QED) is 0.295. The average molecular weight is 528 g/mol. The maximum absolute atomic E-state index is 6.39. The third-order valence-corrected chi connectivity index (χ3v) is 6.51. The molecule has 0 unspecified atom stereocenters. The molecule has 4 aromatic rings. The van der Waals surface area contributed by atoms with Crippen molar-refractivity contribution in [2.75, 3.05) is 14.2 Å². The van der Waals surface area contributed by atoms with Crippen LogP contribution in [-0.2, 0) is 25.7 Å². The summed E-state index contributed by atoms with van der Waals surface area (Å²) < 4.78 is 11.9. The van der Waals surface area contributed by atoms with E-state index in [1.165, 1.54) is 16.7 Å². The average Bonchev–Trinajstić information content (AvgIpc) is 3.37. The van der Waals surface area contributed by atoms with E-state index < -0.39 is 0 Å².